The molecule has 0 bridgehead atoms. The van der Waals surface area contributed by atoms with E-state index in [1.165, 1.54) is 12.0 Å². The van der Waals surface area contributed by atoms with Gasteiger partial charge >= 0.3 is 12.2 Å². The summed E-state index contributed by atoms with van der Waals surface area (Å²) in [7, 11) is 1.44. The highest BCUT2D eigenvalue weighted by atomic mass is 35.5. The lowest BCUT2D eigenvalue weighted by Crippen LogP contribution is -2.40. The number of hydrogen-bond donors (Lipinski definition) is 1. The van der Waals surface area contributed by atoms with Gasteiger partial charge in [0, 0.05) is 29.1 Å². The normalized spacial score (nSPS) is 13.9. The summed E-state index contributed by atoms with van der Waals surface area (Å²) in [6, 6.07) is 4.03. The predicted molar refractivity (Wildman–Crippen MR) is 97.6 cm³/mol. The Balaban J connectivity index is 1.89. The van der Waals surface area contributed by atoms with Crippen molar-refractivity contribution in [3.63, 3.8) is 0 Å². The second-order valence-corrected chi connectivity index (χ2v) is 7.05. The first-order valence-electron chi connectivity index (χ1n) is 8.64. The molecule has 11 heteroatoms. The second-order valence-electron chi connectivity index (χ2n) is 6.61. The Morgan fingerprint density at radius 3 is 2.69 bits per heavy atom. The number of halogens is 4. The molecule has 0 atom stereocenters. The maximum Gasteiger partial charge on any atom is 0.435 e. The number of rotatable bonds is 5. The van der Waals surface area contributed by atoms with Crippen molar-refractivity contribution < 1.29 is 27.5 Å². The summed E-state index contributed by atoms with van der Waals surface area (Å²) in [6.07, 6.45) is -4.80. The van der Waals surface area contributed by atoms with Crippen molar-refractivity contribution in [2.24, 2.45) is 5.73 Å². The number of aromatic nitrogens is 2. The highest BCUT2D eigenvalue weighted by Gasteiger charge is 2.40. The quantitative estimate of drug-likeness (QED) is 0.789. The molecule has 0 unspecified atom stereocenters. The van der Waals surface area contributed by atoms with E-state index in [1.54, 1.807) is 18.2 Å². The van der Waals surface area contributed by atoms with Gasteiger partial charge in [0.15, 0.2) is 11.5 Å². The highest BCUT2D eigenvalue weighted by Crippen LogP contribution is 2.35. The third-order valence-corrected chi connectivity index (χ3v) is 4.91. The van der Waals surface area contributed by atoms with Crippen LogP contribution < -0.4 is 10.5 Å². The zero-order chi connectivity index (χ0) is 21.3. The number of alkyl halides is 3. The van der Waals surface area contributed by atoms with Crippen LogP contribution in [0.25, 0.3) is 0 Å². The molecule has 0 saturated carbocycles. The molecule has 0 saturated heterocycles. The Kier molecular flexibility index (Phi) is 5.74. The number of amides is 2. The Bertz CT molecular complexity index is 959. The molecule has 1 aliphatic heterocycles. The van der Waals surface area contributed by atoms with Crippen LogP contribution in [0.4, 0.5) is 18.0 Å². The number of benzene rings is 1. The van der Waals surface area contributed by atoms with Gasteiger partial charge in [-0.3, -0.25) is 9.48 Å². The highest BCUT2D eigenvalue weighted by molar-refractivity contribution is 6.30. The number of carbonyl (C=O) groups excluding carboxylic acids is 2. The van der Waals surface area contributed by atoms with Gasteiger partial charge in [-0.2, -0.15) is 18.3 Å². The molecule has 0 aliphatic carbocycles. The van der Waals surface area contributed by atoms with Crippen LogP contribution in [-0.4, -0.2) is 40.1 Å². The summed E-state index contributed by atoms with van der Waals surface area (Å²) in [5, 5.41) is 4.04. The zero-order valence-electron chi connectivity index (χ0n) is 15.4. The molecule has 1 aromatic carbocycles. The van der Waals surface area contributed by atoms with Crippen LogP contribution in [0, 0.1) is 0 Å². The van der Waals surface area contributed by atoms with Gasteiger partial charge in [0.1, 0.15) is 12.3 Å². The second kappa shape index (κ2) is 7.94. The number of fused-ring (bicyclic) bond motifs is 1. The molecule has 2 N–H and O–H groups in total. The molecule has 3 rings (SSSR count). The maximum atomic E-state index is 13.4. The van der Waals surface area contributed by atoms with E-state index in [0.717, 1.165) is 4.68 Å². The van der Waals surface area contributed by atoms with E-state index in [2.05, 4.69) is 5.10 Å². The first-order valence-corrected chi connectivity index (χ1v) is 9.02. The van der Waals surface area contributed by atoms with Gasteiger partial charge in [0.05, 0.1) is 19.3 Å². The van der Waals surface area contributed by atoms with E-state index in [1.807, 2.05) is 0 Å². The van der Waals surface area contributed by atoms with Crippen molar-refractivity contribution >= 4 is 23.4 Å². The number of carbonyl (C=O) groups is 2. The fraction of sp³-hybridized carbons (Fsp3) is 0.389. The van der Waals surface area contributed by atoms with Gasteiger partial charge in [-0.05, 0) is 24.6 Å². The summed E-state index contributed by atoms with van der Waals surface area (Å²) in [4.78, 5) is 25.2. The van der Waals surface area contributed by atoms with E-state index < -0.39 is 17.9 Å². The number of ether oxygens (including phenoxy) is 1. The summed E-state index contributed by atoms with van der Waals surface area (Å²) in [5.74, 6) is 0.0573. The maximum absolute atomic E-state index is 13.4. The van der Waals surface area contributed by atoms with Crippen LogP contribution in [0.5, 0.6) is 5.75 Å². The van der Waals surface area contributed by atoms with Crippen molar-refractivity contribution in [1.29, 1.82) is 0 Å². The van der Waals surface area contributed by atoms with Crippen molar-refractivity contribution in [2.45, 2.75) is 32.1 Å². The predicted octanol–water partition coefficient (Wildman–Crippen LogP) is 2.81. The summed E-state index contributed by atoms with van der Waals surface area (Å²) in [6.45, 7) is -0.465. The molecule has 1 aromatic heterocycles. The van der Waals surface area contributed by atoms with Gasteiger partial charge in [0.2, 0.25) is 0 Å². The molecular formula is C18H18ClF3N4O3. The molecule has 2 heterocycles. The Labute approximate surface area is 169 Å². The molecule has 29 heavy (non-hydrogen) atoms. The first kappa shape index (κ1) is 21.0. The topological polar surface area (TPSA) is 90.5 Å². The average molecular weight is 431 g/mol. The monoisotopic (exact) mass is 430 g/mol. The third kappa shape index (κ3) is 4.47. The number of methoxy groups -OCH3 is 1. The van der Waals surface area contributed by atoms with Crippen LogP contribution in [0.15, 0.2) is 18.2 Å². The van der Waals surface area contributed by atoms with Crippen LogP contribution in [0.3, 0.4) is 0 Å². The van der Waals surface area contributed by atoms with Gasteiger partial charge in [0.25, 0.3) is 0 Å². The van der Waals surface area contributed by atoms with Gasteiger partial charge in [-0.1, -0.05) is 11.6 Å². The summed E-state index contributed by atoms with van der Waals surface area (Å²) >= 11 is 5.95. The Morgan fingerprint density at radius 1 is 1.34 bits per heavy atom. The standard InChI is InChI=1S/C18H18ClF3N4O3/c1-29-15-3-2-11(19)6-10(15)7-12(27)8-26-14-9-25(17(23)28)5-4-13(14)16(24-26)18(20,21)22/h2-3,6H,4-5,7-9H2,1H3,(H2,23,28). The van der Waals surface area contributed by atoms with E-state index in [0.29, 0.717) is 16.3 Å². The minimum atomic E-state index is -4.66. The number of hydrogen-bond acceptors (Lipinski definition) is 4. The number of nitrogens with zero attached hydrogens (tertiary/aromatic N) is 3. The lowest BCUT2D eigenvalue weighted by Gasteiger charge is -2.26. The lowest BCUT2D eigenvalue weighted by molar-refractivity contribution is -0.142. The Morgan fingerprint density at radius 2 is 2.07 bits per heavy atom. The number of urea groups is 1. The van der Waals surface area contributed by atoms with Crippen LogP contribution in [0.1, 0.15) is 22.5 Å². The molecule has 0 fully saturated rings. The molecule has 0 radical (unpaired) electrons. The molecule has 2 aromatic rings. The molecule has 2 amide bonds. The molecule has 0 spiro atoms. The largest absolute Gasteiger partial charge is 0.496 e. The van der Waals surface area contributed by atoms with Crippen LogP contribution >= 0.6 is 11.6 Å². The Hall–Kier alpha value is -2.75. The van der Waals surface area contributed by atoms with E-state index in [4.69, 9.17) is 22.1 Å². The van der Waals surface area contributed by atoms with Crippen molar-refractivity contribution in [3.05, 3.63) is 45.7 Å². The number of Topliss-reactive ketones (excluding diaryl/α,β-unsaturated/α-hetero) is 1. The van der Waals surface area contributed by atoms with Crippen LogP contribution in [-0.2, 0) is 36.9 Å². The minimum absolute atomic E-state index is 0.0110. The summed E-state index contributed by atoms with van der Waals surface area (Å²) in [5.41, 5.74) is 4.89. The minimum Gasteiger partial charge on any atom is -0.496 e. The number of primary amides is 1. The van der Waals surface area contributed by atoms with Gasteiger partial charge in [-0.15, -0.1) is 0 Å². The number of nitrogens with two attached hydrogens (primary N) is 1. The van der Waals surface area contributed by atoms with Gasteiger partial charge < -0.3 is 15.4 Å². The fourth-order valence-corrected chi connectivity index (χ4v) is 3.54. The SMILES string of the molecule is COc1ccc(Cl)cc1CC(=O)Cn1nc(C(F)(F)F)c2c1CN(C(N)=O)CC2. The van der Waals surface area contributed by atoms with E-state index in [9.17, 15) is 22.8 Å². The van der Waals surface area contributed by atoms with Crippen molar-refractivity contribution in [2.75, 3.05) is 13.7 Å². The third-order valence-electron chi connectivity index (χ3n) is 4.68. The first-order chi connectivity index (χ1) is 13.6. The van der Waals surface area contributed by atoms with Crippen molar-refractivity contribution in [3.8, 4) is 5.75 Å². The summed E-state index contributed by atoms with van der Waals surface area (Å²) < 4.78 is 46.3. The molecule has 1 aliphatic rings. The molecule has 156 valence electrons. The fourth-order valence-electron chi connectivity index (χ4n) is 3.35. The number of ketones is 1. The lowest BCUT2D eigenvalue weighted by atomic mass is 10.0. The average Bonchev–Trinajstić information content (AvgIpc) is 3.00. The van der Waals surface area contributed by atoms with E-state index >= 15 is 0 Å². The van der Waals surface area contributed by atoms with E-state index in [-0.39, 0.29) is 49.5 Å². The van der Waals surface area contributed by atoms with Crippen molar-refractivity contribution in [1.82, 2.24) is 14.7 Å². The molecule has 7 nitrogen and oxygen atoms in total. The smallest absolute Gasteiger partial charge is 0.435 e. The van der Waals surface area contributed by atoms with Crippen LogP contribution in [0.2, 0.25) is 5.02 Å². The zero-order valence-corrected chi connectivity index (χ0v) is 16.2. The van der Waals surface area contributed by atoms with Gasteiger partial charge in [-0.25, -0.2) is 4.79 Å². The molecular weight excluding hydrogens is 413 g/mol.